The first-order valence-corrected chi connectivity index (χ1v) is 12.6. The maximum Gasteiger partial charge on any atom is 0.407 e. The van der Waals surface area contributed by atoms with E-state index in [1.165, 1.54) is 11.1 Å². The zero-order chi connectivity index (χ0) is 24.8. The Kier molecular flexibility index (Phi) is 8.06. The minimum absolute atomic E-state index is 0.0156. The first-order valence-electron chi connectivity index (χ1n) is 12.6. The molecule has 35 heavy (non-hydrogen) atoms. The fraction of sp³-hybridized carbons (Fsp3) is 0.464. The van der Waals surface area contributed by atoms with Gasteiger partial charge in [0.1, 0.15) is 6.61 Å². The van der Waals surface area contributed by atoms with Crippen molar-refractivity contribution < 1.29 is 24.2 Å². The number of carbonyl (C=O) groups excluding carboxylic acids is 2. The van der Waals surface area contributed by atoms with E-state index in [1.807, 2.05) is 36.1 Å². The topological polar surface area (TPSA) is 95.9 Å². The monoisotopic (exact) mass is 478 g/mol. The van der Waals surface area contributed by atoms with Crippen LogP contribution in [-0.4, -0.2) is 53.2 Å². The number of nitrogens with one attached hydrogen (secondary N) is 1. The van der Waals surface area contributed by atoms with E-state index in [9.17, 15) is 14.4 Å². The Morgan fingerprint density at radius 2 is 1.71 bits per heavy atom. The summed E-state index contributed by atoms with van der Waals surface area (Å²) < 4.78 is 5.64. The Hall–Kier alpha value is -3.35. The Morgan fingerprint density at radius 3 is 2.34 bits per heavy atom. The lowest BCUT2D eigenvalue weighted by molar-refractivity contribution is -0.140. The molecular formula is C28H34N2O5. The minimum Gasteiger partial charge on any atom is -0.481 e. The number of ether oxygens (including phenoxy) is 1. The van der Waals surface area contributed by atoms with Crippen LogP contribution in [0.5, 0.6) is 0 Å². The molecule has 4 rings (SSSR count). The summed E-state index contributed by atoms with van der Waals surface area (Å²) in [5.74, 6) is -0.893. The lowest BCUT2D eigenvalue weighted by Gasteiger charge is -2.36. The van der Waals surface area contributed by atoms with Gasteiger partial charge in [0.05, 0.1) is 0 Å². The average molecular weight is 479 g/mol. The molecule has 1 heterocycles. The maximum atomic E-state index is 13.0. The van der Waals surface area contributed by atoms with E-state index in [1.54, 1.807) is 0 Å². The molecule has 1 saturated heterocycles. The van der Waals surface area contributed by atoms with E-state index in [2.05, 4.69) is 29.6 Å². The molecule has 2 N–H and O–H groups in total. The number of carboxylic acids is 1. The van der Waals surface area contributed by atoms with E-state index in [-0.39, 0.29) is 43.4 Å². The summed E-state index contributed by atoms with van der Waals surface area (Å²) >= 11 is 0. The summed E-state index contributed by atoms with van der Waals surface area (Å²) in [5, 5.41) is 11.9. The second-order valence-corrected chi connectivity index (χ2v) is 9.45. The molecule has 1 aliphatic carbocycles. The van der Waals surface area contributed by atoms with E-state index >= 15 is 0 Å². The number of carbonyl (C=O) groups is 3. The van der Waals surface area contributed by atoms with E-state index < -0.39 is 12.1 Å². The molecule has 2 unspecified atom stereocenters. The molecule has 0 aromatic heterocycles. The quantitative estimate of drug-likeness (QED) is 0.532. The number of nitrogens with zero attached hydrogens (tertiary/aromatic N) is 1. The molecule has 7 heteroatoms. The van der Waals surface area contributed by atoms with E-state index in [0.717, 1.165) is 30.4 Å². The van der Waals surface area contributed by atoms with Crippen LogP contribution in [0.3, 0.4) is 0 Å². The molecule has 186 valence electrons. The summed E-state index contributed by atoms with van der Waals surface area (Å²) in [6.07, 6.45) is 3.55. The smallest absolute Gasteiger partial charge is 0.407 e. The van der Waals surface area contributed by atoms with Gasteiger partial charge in [-0.3, -0.25) is 9.59 Å². The molecule has 0 saturated carbocycles. The summed E-state index contributed by atoms with van der Waals surface area (Å²) in [6.45, 7) is 2.80. The van der Waals surface area contributed by atoms with E-state index in [4.69, 9.17) is 9.84 Å². The standard InChI is InChI=1S/C28H34N2O5/c1-2-19(17-26(31)30-16-8-7-9-20(30)14-15-27(32)33)29-28(34)35-18-25-23-12-5-3-10-21(23)22-11-4-6-13-24(22)25/h3-6,10-13,19-20,25H,2,7-9,14-18H2,1H3,(H,29,34)(H,32,33). The third-order valence-corrected chi connectivity index (χ3v) is 7.22. The highest BCUT2D eigenvalue weighted by Crippen LogP contribution is 2.44. The third-order valence-electron chi connectivity index (χ3n) is 7.22. The summed E-state index contributed by atoms with van der Waals surface area (Å²) in [6, 6.07) is 16.0. The molecule has 2 amide bonds. The third kappa shape index (κ3) is 5.84. The molecule has 0 spiro atoms. The van der Waals surface area contributed by atoms with Crippen LogP contribution < -0.4 is 5.32 Å². The number of piperidine rings is 1. The molecule has 2 atom stereocenters. The largest absolute Gasteiger partial charge is 0.481 e. The Labute approximate surface area is 206 Å². The van der Waals surface area contributed by atoms with Gasteiger partial charge in [0.15, 0.2) is 0 Å². The number of alkyl carbamates (subject to hydrolysis) is 1. The molecule has 0 radical (unpaired) electrons. The normalized spacial score (nSPS) is 17.9. The van der Waals surface area contributed by atoms with Crippen LogP contribution in [0.1, 0.15) is 68.9 Å². The second kappa shape index (κ2) is 11.4. The predicted octanol–water partition coefficient (Wildman–Crippen LogP) is 4.94. The van der Waals surface area contributed by atoms with Gasteiger partial charge < -0.3 is 20.1 Å². The predicted molar refractivity (Wildman–Crippen MR) is 133 cm³/mol. The van der Waals surface area contributed by atoms with Crippen molar-refractivity contribution >= 4 is 18.0 Å². The zero-order valence-corrected chi connectivity index (χ0v) is 20.2. The van der Waals surface area contributed by atoms with Gasteiger partial charge in [0.2, 0.25) is 5.91 Å². The molecule has 7 nitrogen and oxygen atoms in total. The van der Waals surface area contributed by atoms with Gasteiger partial charge in [-0.15, -0.1) is 0 Å². The Bertz CT molecular complexity index is 1020. The SMILES string of the molecule is CCC(CC(=O)N1CCCCC1CCC(=O)O)NC(=O)OCC1c2ccccc2-c2ccccc21. The number of aliphatic carboxylic acids is 1. The number of likely N-dealkylation sites (tertiary alicyclic amines) is 1. The highest BCUT2D eigenvalue weighted by atomic mass is 16.5. The van der Waals surface area contributed by atoms with Crippen molar-refractivity contribution in [1.82, 2.24) is 10.2 Å². The Balaban J connectivity index is 1.33. The van der Waals surface area contributed by atoms with E-state index in [0.29, 0.717) is 19.4 Å². The molecule has 2 aromatic rings. The van der Waals surface area contributed by atoms with Crippen molar-refractivity contribution in [3.63, 3.8) is 0 Å². The Morgan fingerprint density at radius 1 is 1.06 bits per heavy atom. The first-order chi connectivity index (χ1) is 17.0. The number of amides is 2. The summed E-state index contributed by atoms with van der Waals surface area (Å²) in [4.78, 5) is 38.5. The lowest BCUT2D eigenvalue weighted by Crippen LogP contribution is -2.47. The lowest BCUT2D eigenvalue weighted by atomic mass is 9.97. The fourth-order valence-electron chi connectivity index (χ4n) is 5.35. The van der Waals surface area contributed by atoms with Crippen LogP contribution >= 0.6 is 0 Å². The van der Waals surface area contributed by atoms with Gasteiger partial charge in [-0.05, 0) is 54.4 Å². The highest BCUT2D eigenvalue weighted by molar-refractivity contribution is 5.80. The van der Waals surface area contributed by atoms with Crippen LogP contribution in [0.15, 0.2) is 48.5 Å². The van der Waals surface area contributed by atoms with Crippen LogP contribution in [0.25, 0.3) is 11.1 Å². The van der Waals surface area contributed by atoms with Crippen molar-refractivity contribution in [2.45, 2.75) is 69.9 Å². The number of benzene rings is 2. The molecule has 1 aliphatic heterocycles. The summed E-state index contributed by atoms with van der Waals surface area (Å²) in [5.41, 5.74) is 4.66. The van der Waals surface area contributed by atoms with Crippen LogP contribution in [-0.2, 0) is 14.3 Å². The molecule has 1 fully saturated rings. The van der Waals surface area contributed by atoms with Crippen LogP contribution in [0.4, 0.5) is 4.79 Å². The maximum absolute atomic E-state index is 13.0. The minimum atomic E-state index is -0.841. The van der Waals surface area contributed by atoms with Gasteiger partial charge in [-0.2, -0.15) is 0 Å². The van der Waals surface area contributed by atoms with Gasteiger partial charge in [-0.25, -0.2) is 4.79 Å². The van der Waals surface area contributed by atoms with Crippen molar-refractivity contribution in [2.24, 2.45) is 0 Å². The van der Waals surface area contributed by atoms with Gasteiger partial charge in [0.25, 0.3) is 0 Å². The first kappa shape index (κ1) is 24.8. The average Bonchev–Trinajstić information content (AvgIpc) is 3.19. The van der Waals surface area contributed by atoms with Crippen molar-refractivity contribution in [2.75, 3.05) is 13.2 Å². The number of hydrogen-bond acceptors (Lipinski definition) is 4. The molecule has 2 aliphatic rings. The van der Waals surface area contributed by atoms with Gasteiger partial charge in [0, 0.05) is 37.4 Å². The number of carboxylic acid groups (broad SMARTS) is 1. The molecule has 2 aromatic carbocycles. The molecule has 0 bridgehead atoms. The number of rotatable bonds is 9. The van der Waals surface area contributed by atoms with Crippen LogP contribution in [0.2, 0.25) is 0 Å². The number of fused-ring (bicyclic) bond motifs is 3. The zero-order valence-electron chi connectivity index (χ0n) is 20.2. The van der Waals surface area contributed by atoms with Crippen molar-refractivity contribution in [3.05, 3.63) is 59.7 Å². The van der Waals surface area contributed by atoms with Crippen LogP contribution in [0, 0.1) is 0 Å². The fourth-order valence-corrected chi connectivity index (χ4v) is 5.35. The molecular weight excluding hydrogens is 444 g/mol. The van der Waals surface area contributed by atoms with Gasteiger partial charge >= 0.3 is 12.1 Å². The number of hydrogen-bond donors (Lipinski definition) is 2. The summed E-state index contributed by atoms with van der Waals surface area (Å²) in [7, 11) is 0. The second-order valence-electron chi connectivity index (χ2n) is 9.45. The van der Waals surface area contributed by atoms with Crippen molar-refractivity contribution in [3.8, 4) is 11.1 Å². The van der Waals surface area contributed by atoms with Crippen molar-refractivity contribution in [1.29, 1.82) is 0 Å². The van der Waals surface area contributed by atoms with Gasteiger partial charge in [-0.1, -0.05) is 55.5 Å². The highest BCUT2D eigenvalue weighted by Gasteiger charge is 2.31.